The van der Waals surface area contributed by atoms with Crippen molar-refractivity contribution in [2.75, 3.05) is 4.90 Å². The van der Waals surface area contributed by atoms with Crippen molar-refractivity contribution in [2.45, 2.75) is 71.1 Å². The fourth-order valence-corrected chi connectivity index (χ4v) is 5.45. The van der Waals surface area contributed by atoms with Crippen molar-refractivity contribution in [3.63, 3.8) is 0 Å². The Bertz CT molecular complexity index is 2020. The summed E-state index contributed by atoms with van der Waals surface area (Å²) in [4.78, 5) is 62.0. The third-order valence-electron chi connectivity index (χ3n) is 7.94. The van der Waals surface area contributed by atoms with E-state index in [1.807, 2.05) is 0 Å². The Kier molecular flexibility index (Phi) is 11.1. The average molecular weight is 719 g/mol. The molecule has 1 aliphatic heterocycles. The van der Waals surface area contributed by atoms with E-state index in [-0.39, 0.29) is 36.7 Å². The van der Waals surface area contributed by atoms with E-state index in [0.717, 1.165) is 17.0 Å². The molecule has 3 amide bonds. The minimum absolute atomic E-state index is 0.0406. The third-order valence-corrected chi connectivity index (χ3v) is 7.94. The van der Waals surface area contributed by atoms with Crippen molar-refractivity contribution >= 4 is 29.6 Å². The summed E-state index contributed by atoms with van der Waals surface area (Å²) in [5, 5.41) is 2.81. The summed E-state index contributed by atoms with van der Waals surface area (Å²) in [6.45, 7) is 4.61. The van der Waals surface area contributed by atoms with Crippen LogP contribution < -0.4 is 21.5 Å². The lowest BCUT2D eigenvalue weighted by Gasteiger charge is -2.23. The number of amidine groups is 1. The Morgan fingerprint density at radius 1 is 0.981 bits per heavy atom. The minimum Gasteiger partial charge on any atom is -0.444 e. The maximum atomic E-state index is 14.0. The Labute approximate surface area is 297 Å². The van der Waals surface area contributed by atoms with E-state index in [1.165, 1.54) is 22.9 Å². The molecule has 0 aliphatic carbocycles. The average Bonchev–Trinajstić information content (AvgIpc) is 3.54. The molecule has 0 bridgehead atoms. The molecule has 2 heterocycles. The van der Waals surface area contributed by atoms with E-state index in [0.29, 0.717) is 28.9 Å². The summed E-state index contributed by atoms with van der Waals surface area (Å²) in [5.74, 6) is -0.207. The van der Waals surface area contributed by atoms with Gasteiger partial charge >= 0.3 is 18.4 Å². The highest BCUT2D eigenvalue weighted by Gasteiger charge is 2.34. The van der Waals surface area contributed by atoms with Crippen LogP contribution in [-0.2, 0) is 46.6 Å². The first-order valence-corrected chi connectivity index (χ1v) is 16.3. The van der Waals surface area contributed by atoms with Crippen LogP contribution in [0.25, 0.3) is 0 Å². The van der Waals surface area contributed by atoms with Crippen LogP contribution in [0.3, 0.4) is 0 Å². The highest BCUT2D eigenvalue weighted by atomic mass is 19.4. The second-order valence-electron chi connectivity index (χ2n) is 13.0. The van der Waals surface area contributed by atoms with Gasteiger partial charge in [-0.25, -0.2) is 14.6 Å². The Morgan fingerprint density at radius 2 is 1.67 bits per heavy atom. The number of nitrogens with one attached hydrogen (secondary N) is 1. The van der Waals surface area contributed by atoms with Gasteiger partial charge in [-0.05, 0) is 56.0 Å². The maximum absolute atomic E-state index is 14.0. The van der Waals surface area contributed by atoms with E-state index < -0.39 is 53.6 Å². The Morgan fingerprint density at radius 3 is 2.35 bits per heavy atom. The molecule has 5 rings (SSSR count). The van der Waals surface area contributed by atoms with Crippen molar-refractivity contribution in [2.24, 2.45) is 10.7 Å². The number of benzene rings is 3. The van der Waals surface area contributed by atoms with Crippen LogP contribution >= 0.6 is 0 Å². The number of hydrogen-bond donors (Lipinski definition) is 2. The number of aryl methyl sites for hydroxylation is 1. The number of amides is 3. The van der Waals surface area contributed by atoms with Gasteiger partial charge in [0.1, 0.15) is 35.6 Å². The zero-order valence-electron chi connectivity index (χ0n) is 28.6. The molecule has 0 radical (unpaired) electrons. The molecule has 1 aromatic heterocycles. The van der Waals surface area contributed by atoms with Gasteiger partial charge in [0.05, 0.1) is 18.3 Å². The van der Waals surface area contributed by atoms with Gasteiger partial charge < -0.3 is 20.5 Å². The predicted octanol–water partition coefficient (Wildman–Crippen LogP) is 6.05. The summed E-state index contributed by atoms with van der Waals surface area (Å²) < 4.78 is 52.4. The van der Waals surface area contributed by atoms with Crippen molar-refractivity contribution in [3.8, 4) is 0 Å². The molecule has 0 saturated heterocycles. The van der Waals surface area contributed by atoms with Gasteiger partial charge in [0.2, 0.25) is 5.91 Å². The number of fused-ring (bicyclic) bond motifs is 1. The van der Waals surface area contributed by atoms with E-state index >= 15 is 0 Å². The highest BCUT2D eigenvalue weighted by molar-refractivity contribution is 6.02. The first kappa shape index (κ1) is 37.3. The molecule has 272 valence electrons. The second kappa shape index (κ2) is 15.5. The normalized spacial score (nSPS) is 14.3. The quantitative estimate of drug-likeness (QED) is 0.156. The van der Waals surface area contributed by atoms with Crippen LogP contribution in [0.1, 0.15) is 66.9 Å². The number of anilines is 1. The highest BCUT2D eigenvalue weighted by Crippen LogP contribution is 2.30. The van der Waals surface area contributed by atoms with Gasteiger partial charge in [-0.2, -0.15) is 18.2 Å². The van der Waals surface area contributed by atoms with Crippen LogP contribution in [0.2, 0.25) is 0 Å². The van der Waals surface area contributed by atoms with Crippen LogP contribution in [0.15, 0.2) is 94.8 Å². The number of aromatic nitrogens is 2. The number of carbonyl (C=O) groups excluding carboxylic acids is 3. The van der Waals surface area contributed by atoms with Gasteiger partial charge in [0, 0.05) is 18.5 Å². The SMILES string of the molecule is CC(C)(C)OC(=O)/N=C(\N)c1ccc(CNC(=O)[C@@H]2CCc3ncc(N(Cc4cccc(C(F)(F)F)c4)C(=O)OCc4ccccc4)c(=O)n32)cc1. The number of halogens is 3. The molecular weight excluding hydrogens is 681 g/mol. The monoisotopic (exact) mass is 718 g/mol. The molecule has 4 aromatic rings. The molecule has 0 spiro atoms. The molecule has 3 N–H and O–H groups in total. The van der Waals surface area contributed by atoms with Crippen molar-refractivity contribution in [1.29, 1.82) is 0 Å². The molecule has 0 unspecified atom stereocenters. The fourth-order valence-electron chi connectivity index (χ4n) is 5.45. The number of ether oxygens (including phenoxy) is 2. The summed E-state index contributed by atoms with van der Waals surface area (Å²) in [5.41, 5.74) is 5.21. The van der Waals surface area contributed by atoms with Gasteiger partial charge in [-0.3, -0.25) is 19.1 Å². The molecule has 3 aromatic carbocycles. The van der Waals surface area contributed by atoms with Crippen molar-refractivity contribution < 1.29 is 37.0 Å². The Hall–Kier alpha value is -5.99. The topological polar surface area (TPSA) is 158 Å². The molecule has 15 heteroatoms. The van der Waals surface area contributed by atoms with E-state index in [4.69, 9.17) is 15.2 Å². The lowest BCUT2D eigenvalue weighted by molar-refractivity contribution is -0.137. The largest absolute Gasteiger partial charge is 0.444 e. The summed E-state index contributed by atoms with van der Waals surface area (Å²) in [6, 6.07) is 18.8. The summed E-state index contributed by atoms with van der Waals surface area (Å²) in [6.07, 6.45) is -4.72. The number of alkyl halides is 3. The number of aliphatic imine (C=N–C) groups is 1. The molecule has 1 aliphatic rings. The van der Waals surface area contributed by atoms with Crippen LogP contribution in [0, 0.1) is 0 Å². The summed E-state index contributed by atoms with van der Waals surface area (Å²) in [7, 11) is 0. The van der Waals surface area contributed by atoms with Gasteiger partial charge in [-0.15, -0.1) is 0 Å². The second-order valence-corrected chi connectivity index (χ2v) is 13.0. The maximum Gasteiger partial charge on any atom is 0.436 e. The lowest BCUT2D eigenvalue weighted by atomic mass is 10.1. The number of rotatable bonds is 9. The predicted molar refractivity (Wildman–Crippen MR) is 185 cm³/mol. The molecule has 0 saturated carbocycles. The third kappa shape index (κ3) is 9.41. The zero-order valence-corrected chi connectivity index (χ0v) is 28.6. The number of nitrogens with zero attached hydrogens (tertiary/aromatic N) is 4. The van der Waals surface area contributed by atoms with Crippen LogP contribution in [-0.4, -0.2) is 39.1 Å². The van der Waals surface area contributed by atoms with E-state index in [9.17, 15) is 32.3 Å². The molecule has 1 atom stereocenters. The molecular formula is C37H37F3N6O6. The minimum atomic E-state index is -4.63. The van der Waals surface area contributed by atoms with E-state index in [1.54, 1.807) is 75.4 Å². The summed E-state index contributed by atoms with van der Waals surface area (Å²) >= 11 is 0. The van der Waals surface area contributed by atoms with Gasteiger partial charge in [0.15, 0.2) is 0 Å². The van der Waals surface area contributed by atoms with Crippen LogP contribution in [0.4, 0.5) is 28.4 Å². The Balaban J connectivity index is 1.34. The lowest BCUT2D eigenvalue weighted by Crippen LogP contribution is -2.40. The fraction of sp³-hybridized carbons (Fsp3) is 0.297. The van der Waals surface area contributed by atoms with Crippen molar-refractivity contribution in [1.82, 2.24) is 14.9 Å². The van der Waals surface area contributed by atoms with Gasteiger partial charge in [0.25, 0.3) is 5.56 Å². The van der Waals surface area contributed by atoms with E-state index in [2.05, 4.69) is 15.3 Å². The first-order valence-electron chi connectivity index (χ1n) is 16.3. The molecule has 52 heavy (non-hydrogen) atoms. The number of hydrogen-bond acceptors (Lipinski definition) is 7. The smallest absolute Gasteiger partial charge is 0.436 e. The molecule has 12 nitrogen and oxygen atoms in total. The number of nitrogens with two attached hydrogens (primary N) is 1. The standard InChI is InChI=1S/C37H37F3N6O6/c1-36(2,3)52-34(49)44-31(41)26-14-12-23(13-15-26)19-43-32(47)28-16-17-30-42-20-29(33(48)46(28)30)45(35(50)51-22-24-8-5-4-6-9-24)21-25-10-7-11-27(18-25)37(38,39)40/h4-15,18,20,28H,16-17,19,21-22H2,1-3H3,(H,43,47)(H2,41,44,49)/t28-/m0/s1. The van der Waals surface area contributed by atoms with Crippen molar-refractivity contribution in [3.05, 3.63) is 129 Å². The zero-order chi connectivity index (χ0) is 37.6. The first-order chi connectivity index (χ1) is 24.6. The molecule has 0 fully saturated rings. The van der Waals surface area contributed by atoms with Crippen LogP contribution in [0.5, 0.6) is 0 Å². The van der Waals surface area contributed by atoms with Gasteiger partial charge in [-0.1, -0.05) is 66.7 Å². The number of carbonyl (C=O) groups is 3.